The van der Waals surface area contributed by atoms with E-state index in [2.05, 4.69) is 52.2 Å². The van der Waals surface area contributed by atoms with Gasteiger partial charge in [-0.05, 0) is 43.2 Å². The molecule has 17 heavy (non-hydrogen) atoms. The highest BCUT2D eigenvalue weighted by molar-refractivity contribution is 9.10. The number of aromatic nitrogens is 1. The van der Waals surface area contributed by atoms with Crippen molar-refractivity contribution >= 4 is 33.1 Å². The van der Waals surface area contributed by atoms with Gasteiger partial charge in [0.25, 0.3) is 0 Å². The van der Waals surface area contributed by atoms with Crippen LogP contribution in [-0.4, -0.2) is 4.98 Å². The molecule has 0 aliphatic rings. The topological polar surface area (TPSA) is 50.9 Å². The van der Waals surface area contributed by atoms with E-state index in [0.29, 0.717) is 5.69 Å². The largest absolute Gasteiger partial charge is 0.399 e. The number of halogens is 1. The molecule has 0 bridgehead atoms. The van der Waals surface area contributed by atoms with Crippen molar-refractivity contribution in [3.63, 3.8) is 0 Å². The number of nitrogens with one attached hydrogen (secondary N) is 1. The minimum atomic E-state index is 0.702. The molecule has 2 aromatic rings. The predicted octanol–water partition coefficient (Wildman–Crippen LogP) is 3.79. The normalized spacial score (nSPS) is 10.3. The molecule has 0 atom stereocenters. The third-order valence-electron chi connectivity index (χ3n) is 2.49. The number of rotatable bonds is 2. The van der Waals surface area contributed by atoms with Gasteiger partial charge in [0.2, 0.25) is 0 Å². The number of anilines is 3. The zero-order valence-electron chi connectivity index (χ0n) is 9.79. The molecule has 1 heterocycles. The van der Waals surface area contributed by atoms with Gasteiger partial charge in [0.1, 0.15) is 5.82 Å². The first-order valence-corrected chi connectivity index (χ1v) is 6.11. The number of nitrogen functional groups attached to an aromatic ring is 1. The van der Waals surface area contributed by atoms with E-state index in [1.807, 2.05) is 6.07 Å². The van der Waals surface area contributed by atoms with Gasteiger partial charge in [-0.2, -0.15) is 0 Å². The molecule has 88 valence electrons. The number of hydrogen-bond donors (Lipinski definition) is 2. The van der Waals surface area contributed by atoms with Crippen LogP contribution < -0.4 is 11.1 Å². The molecule has 0 fully saturated rings. The minimum absolute atomic E-state index is 0.702. The summed E-state index contributed by atoms with van der Waals surface area (Å²) in [5.74, 6) is 0.756. The minimum Gasteiger partial charge on any atom is -0.399 e. The molecule has 0 amide bonds. The summed E-state index contributed by atoms with van der Waals surface area (Å²) in [6.45, 7) is 4.13. The predicted molar refractivity (Wildman–Crippen MR) is 75.5 cm³/mol. The molecule has 4 heteroatoms. The molecule has 0 radical (unpaired) electrons. The number of hydrogen-bond acceptors (Lipinski definition) is 3. The van der Waals surface area contributed by atoms with Crippen molar-refractivity contribution in [2.45, 2.75) is 13.8 Å². The maximum absolute atomic E-state index is 5.71. The van der Waals surface area contributed by atoms with Crippen LogP contribution in [0.3, 0.4) is 0 Å². The molecule has 0 unspecified atom stereocenters. The zero-order valence-corrected chi connectivity index (χ0v) is 11.4. The fourth-order valence-electron chi connectivity index (χ4n) is 1.68. The fourth-order valence-corrected chi connectivity index (χ4v) is 1.91. The van der Waals surface area contributed by atoms with Gasteiger partial charge in [0.15, 0.2) is 0 Å². The summed E-state index contributed by atoms with van der Waals surface area (Å²) >= 11 is 3.55. The van der Waals surface area contributed by atoms with Crippen LogP contribution in [0.5, 0.6) is 0 Å². The summed E-state index contributed by atoms with van der Waals surface area (Å²) in [6.07, 6.45) is 1.69. The Morgan fingerprint density at radius 3 is 2.41 bits per heavy atom. The molecule has 1 aromatic carbocycles. The molecular formula is C13H14BrN3. The van der Waals surface area contributed by atoms with Crippen molar-refractivity contribution in [3.8, 4) is 0 Å². The Bertz CT molecular complexity index is 529. The monoisotopic (exact) mass is 291 g/mol. The van der Waals surface area contributed by atoms with Crippen molar-refractivity contribution < 1.29 is 0 Å². The smallest absolute Gasteiger partial charge is 0.132 e. The molecule has 0 saturated carbocycles. The molecule has 0 spiro atoms. The van der Waals surface area contributed by atoms with Gasteiger partial charge in [-0.3, -0.25) is 0 Å². The van der Waals surface area contributed by atoms with Crippen LogP contribution >= 0.6 is 15.9 Å². The van der Waals surface area contributed by atoms with E-state index in [1.54, 1.807) is 12.3 Å². The van der Waals surface area contributed by atoms with Gasteiger partial charge in [-0.25, -0.2) is 4.98 Å². The van der Waals surface area contributed by atoms with Crippen LogP contribution in [0.2, 0.25) is 0 Å². The van der Waals surface area contributed by atoms with Gasteiger partial charge in [-0.1, -0.05) is 15.9 Å². The summed E-state index contributed by atoms with van der Waals surface area (Å²) in [7, 11) is 0. The Labute approximate surface area is 109 Å². The average Bonchev–Trinajstić information content (AvgIpc) is 2.26. The first-order chi connectivity index (χ1) is 8.06. The number of aryl methyl sites for hydroxylation is 2. The first kappa shape index (κ1) is 11.9. The second kappa shape index (κ2) is 4.75. The van der Waals surface area contributed by atoms with Crippen molar-refractivity contribution in [1.29, 1.82) is 0 Å². The van der Waals surface area contributed by atoms with Gasteiger partial charge in [-0.15, -0.1) is 0 Å². The quantitative estimate of drug-likeness (QED) is 0.885. The Morgan fingerprint density at radius 1 is 1.18 bits per heavy atom. The number of nitrogens with two attached hydrogens (primary N) is 1. The summed E-state index contributed by atoms with van der Waals surface area (Å²) in [6, 6.07) is 7.72. The third kappa shape index (κ3) is 2.77. The zero-order chi connectivity index (χ0) is 12.4. The second-order valence-electron chi connectivity index (χ2n) is 4.02. The fraction of sp³-hybridized carbons (Fsp3) is 0.154. The van der Waals surface area contributed by atoms with Crippen molar-refractivity contribution in [3.05, 3.63) is 46.1 Å². The van der Waals surface area contributed by atoms with E-state index in [9.17, 15) is 0 Å². The van der Waals surface area contributed by atoms with Crippen LogP contribution in [0.25, 0.3) is 0 Å². The van der Waals surface area contributed by atoms with Crippen molar-refractivity contribution in [2.75, 3.05) is 11.1 Å². The lowest BCUT2D eigenvalue weighted by atomic mass is 10.1. The first-order valence-electron chi connectivity index (χ1n) is 5.31. The van der Waals surface area contributed by atoms with Gasteiger partial charge >= 0.3 is 0 Å². The highest BCUT2D eigenvalue weighted by Crippen LogP contribution is 2.26. The molecule has 0 aliphatic carbocycles. The Hall–Kier alpha value is -1.55. The van der Waals surface area contributed by atoms with Crippen LogP contribution in [0, 0.1) is 13.8 Å². The Morgan fingerprint density at radius 2 is 1.82 bits per heavy atom. The van der Waals surface area contributed by atoms with E-state index in [-0.39, 0.29) is 0 Å². The van der Waals surface area contributed by atoms with Gasteiger partial charge < -0.3 is 11.1 Å². The molecule has 3 nitrogen and oxygen atoms in total. The van der Waals surface area contributed by atoms with Crippen LogP contribution in [-0.2, 0) is 0 Å². The summed E-state index contributed by atoms with van der Waals surface area (Å²) in [5, 5.41) is 3.24. The van der Waals surface area contributed by atoms with E-state index >= 15 is 0 Å². The van der Waals surface area contributed by atoms with E-state index in [1.165, 1.54) is 11.1 Å². The summed E-state index contributed by atoms with van der Waals surface area (Å²) in [5.41, 5.74) is 9.81. The van der Waals surface area contributed by atoms with E-state index in [0.717, 1.165) is 16.0 Å². The van der Waals surface area contributed by atoms with E-state index in [4.69, 9.17) is 5.73 Å². The van der Waals surface area contributed by atoms with Crippen LogP contribution in [0.15, 0.2) is 34.9 Å². The summed E-state index contributed by atoms with van der Waals surface area (Å²) in [4.78, 5) is 4.21. The number of nitrogens with zero attached hydrogens (tertiary/aromatic N) is 1. The Balaban J connectivity index is 2.31. The molecular weight excluding hydrogens is 278 g/mol. The highest BCUT2D eigenvalue weighted by atomic mass is 79.9. The molecule has 1 aromatic heterocycles. The lowest BCUT2D eigenvalue weighted by molar-refractivity contribution is 1.29. The van der Waals surface area contributed by atoms with Crippen molar-refractivity contribution in [1.82, 2.24) is 4.98 Å². The van der Waals surface area contributed by atoms with Crippen LogP contribution in [0.4, 0.5) is 17.2 Å². The average molecular weight is 292 g/mol. The van der Waals surface area contributed by atoms with E-state index < -0.39 is 0 Å². The molecule has 2 rings (SSSR count). The standard InChI is InChI=1S/C13H14BrN3/c1-8-5-11(6-9(2)13(8)14)17-12-7-10(15)3-4-16-12/h3-7H,1-2H3,(H3,15,16,17). The second-order valence-corrected chi connectivity index (χ2v) is 4.82. The maximum atomic E-state index is 5.71. The summed E-state index contributed by atoms with van der Waals surface area (Å²) < 4.78 is 1.14. The van der Waals surface area contributed by atoms with Gasteiger partial charge in [0.05, 0.1) is 0 Å². The third-order valence-corrected chi connectivity index (χ3v) is 3.74. The van der Waals surface area contributed by atoms with Crippen LogP contribution in [0.1, 0.15) is 11.1 Å². The molecule has 0 saturated heterocycles. The number of pyridine rings is 1. The Kier molecular flexibility index (Phi) is 3.33. The van der Waals surface area contributed by atoms with Crippen molar-refractivity contribution in [2.24, 2.45) is 0 Å². The molecule has 3 N–H and O–H groups in total. The highest BCUT2D eigenvalue weighted by Gasteiger charge is 2.03. The SMILES string of the molecule is Cc1cc(Nc2cc(N)ccn2)cc(C)c1Br. The number of benzene rings is 1. The maximum Gasteiger partial charge on any atom is 0.132 e. The lowest BCUT2D eigenvalue weighted by Gasteiger charge is -2.10. The lowest BCUT2D eigenvalue weighted by Crippen LogP contribution is -1.96. The molecule has 0 aliphatic heterocycles. The van der Waals surface area contributed by atoms with Gasteiger partial charge in [0, 0.05) is 28.1 Å².